The fraction of sp³-hybridized carbons (Fsp3) is 0.632. The van der Waals surface area contributed by atoms with E-state index in [0.29, 0.717) is 21.7 Å². The molecule has 8 bridgehead atoms. The van der Waals surface area contributed by atoms with E-state index in [1.165, 1.54) is 88.2 Å². The minimum absolute atomic E-state index is 0.00954. The van der Waals surface area contributed by atoms with Gasteiger partial charge in [0.05, 0.1) is 0 Å². The van der Waals surface area contributed by atoms with Gasteiger partial charge in [-0.1, -0.05) is 24.3 Å². The van der Waals surface area contributed by atoms with Crippen LogP contribution in [-0.4, -0.2) is 11.8 Å². The van der Waals surface area contributed by atoms with Crippen LogP contribution < -0.4 is 10.6 Å². The van der Waals surface area contributed by atoms with Crippen LogP contribution in [0.4, 0.5) is 11.4 Å². The lowest BCUT2D eigenvalue weighted by Gasteiger charge is -2.74. The van der Waals surface area contributed by atoms with Gasteiger partial charge in [-0.25, -0.2) is 0 Å². The van der Waals surface area contributed by atoms with Crippen LogP contribution in [0.5, 0.6) is 0 Å². The van der Waals surface area contributed by atoms with E-state index in [4.69, 9.17) is 0 Å². The van der Waals surface area contributed by atoms with Crippen molar-refractivity contribution in [3.63, 3.8) is 0 Å². The zero-order valence-corrected chi connectivity index (χ0v) is 26.1. The van der Waals surface area contributed by atoms with E-state index in [2.05, 4.69) is 60.9 Å². The van der Waals surface area contributed by atoms with Gasteiger partial charge in [-0.3, -0.25) is 9.59 Å². The van der Waals surface area contributed by atoms with E-state index in [1.54, 1.807) is 25.0 Å². The molecule has 8 aliphatic rings. The van der Waals surface area contributed by atoms with Gasteiger partial charge in [0, 0.05) is 25.2 Å². The van der Waals surface area contributed by atoms with Crippen molar-refractivity contribution in [2.24, 2.45) is 34.5 Å². The molecule has 42 heavy (non-hydrogen) atoms. The van der Waals surface area contributed by atoms with Crippen molar-refractivity contribution < 1.29 is 9.59 Å². The zero-order chi connectivity index (χ0) is 29.1. The number of aryl methyl sites for hydroxylation is 2. The van der Waals surface area contributed by atoms with Crippen LogP contribution in [0.15, 0.2) is 36.4 Å². The summed E-state index contributed by atoms with van der Waals surface area (Å²) in [5, 5.41) is 6.09. The molecule has 4 heteroatoms. The third-order valence-electron chi connectivity index (χ3n) is 13.5. The van der Waals surface area contributed by atoms with Gasteiger partial charge in [-0.15, -0.1) is 0 Å². The first-order valence-corrected chi connectivity index (χ1v) is 16.8. The number of hydrogen-bond acceptors (Lipinski definition) is 2. The van der Waals surface area contributed by atoms with Gasteiger partial charge in [0.15, 0.2) is 0 Å². The Kier molecular flexibility index (Phi) is 5.75. The molecule has 2 amide bonds. The first-order chi connectivity index (χ1) is 20.0. The highest BCUT2D eigenvalue weighted by Gasteiger charge is 2.70. The molecule has 2 aromatic carbocycles. The molecular formula is C38H48N2O2. The minimum atomic E-state index is 0.00954. The monoisotopic (exact) mass is 564 g/mol. The molecule has 0 aromatic heterocycles. The first-order valence-electron chi connectivity index (χ1n) is 16.8. The van der Waals surface area contributed by atoms with Crippen LogP contribution in [0.3, 0.4) is 0 Å². The molecule has 222 valence electrons. The van der Waals surface area contributed by atoms with Crippen LogP contribution in [-0.2, 0) is 20.4 Å². The lowest BCUT2D eigenvalue weighted by Crippen LogP contribution is -2.66. The highest BCUT2D eigenvalue weighted by Crippen LogP contribution is 2.78. The summed E-state index contributed by atoms with van der Waals surface area (Å²) >= 11 is 0. The van der Waals surface area contributed by atoms with Crippen LogP contribution in [0.25, 0.3) is 0 Å². The summed E-state index contributed by atoms with van der Waals surface area (Å²) in [5.74, 6) is 3.48. The normalized spacial score (nSPS) is 40.8. The first kappa shape index (κ1) is 27.0. The standard InChI is InChI=1S/C38H48N2O2/c1-23-9-31(5-7-33(23)39-25(3)41)35-13-27-11-28(14-35)18-37(17-27,21-35)38-19-29-12-30(20-38)16-36(15-29,22-38)32-6-8-34(24(2)10-32)40-26(4)42/h5-10,27-30H,11-22H2,1-4H3,(H,39,41)(H,40,42). The maximum absolute atomic E-state index is 11.8. The number of nitrogens with one attached hydrogen (secondary N) is 2. The fourth-order valence-electron chi connectivity index (χ4n) is 13.1. The molecule has 8 fully saturated rings. The van der Waals surface area contributed by atoms with E-state index in [9.17, 15) is 9.59 Å². The maximum atomic E-state index is 11.8. The zero-order valence-electron chi connectivity index (χ0n) is 26.1. The van der Waals surface area contributed by atoms with Gasteiger partial charge in [0.2, 0.25) is 11.8 Å². The Bertz CT molecular complexity index is 1350. The second-order valence-corrected chi connectivity index (χ2v) is 16.5. The van der Waals surface area contributed by atoms with Gasteiger partial charge >= 0.3 is 0 Å². The number of hydrogen-bond donors (Lipinski definition) is 2. The summed E-state index contributed by atoms with van der Waals surface area (Å²) in [5.41, 5.74) is 8.99. The van der Waals surface area contributed by atoms with E-state index in [-0.39, 0.29) is 11.8 Å². The summed E-state index contributed by atoms with van der Waals surface area (Å²) in [6.07, 6.45) is 17.0. The Balaban J connectivity index is 1.17. The number of amides is 2. The van der Waals surface area contributed by atoms with Crippen LogP contribution in [0.2, 0.25) is 0 Å². The van der Waals surface area contributed by atoms with E-state index >= 15 is 0 Å². The average molecular weight is 565 g/mol. The second-order valence-electron chi connectivity index (χ2n) is 16.5. The largest absolute Gasteiger partial charge is 0.326 e. The summed E-state index contributed by atoms with van der Waals surface area (Å²) in [7, 11) is 0. The predicted octanol–water partition coefficient (Wildman–Crippen LogP) is 8.60. The molecule has 0 radical (unpaired) electrons. The molecule has 8 aliphatic carbocycles. The number of rotatable bonds is 5. The molecule has 2 aromatic rings. The van der Waals surface area contributed by atoms with Gasteiger partial charge in [-0.2, -0.15) is 0 Å². The Morgan fingerprint density at radius 2 is 0.952 bits per heavy atom. The van der Waals surface area contributed by atoms with Crippen molar-refractivity contribution in [3.05, 3.63) is 58.7 Å². The SMILES string of the molecule is CC(=O)Nc1ccc(C23CC4CC(C2)CC(C25CC6CC(CC(c7ccc(NC(C)=O)c(C)c7)(C6)C2)C5)(C4)C3)cc1C. The summed E-state index contributed by atoms with van der Waals surface area (Å²) in [6, 6.07) is 14.0. The van der Waals surface area contributed by atoms with Crippen molar-refractivity contribution >= 4 is 23.2 Å². The minimum Gasteiger partial charge on any atom is -0.326 e. The predicted molar refractivity (Wildman–Crippen MR) is 169 cm³/mol. The van der Waals surface area contributed by atoms with E-state index in [1.807, 2.05) is 0 Å². The Morgan fingerprint density at radius 1 is 0.595 bits per heavy atom. The Hall–Kier alpha value is -2.62. The van der Waals surface area contributed by atoms with Gasteiger partial charge in [0.1, 0.15) is 0 Å². The molecule has 8 saturated carbocycles. The number of benzene rings is 2. The number of carbonyl (C=O) groups is 2. The molecule has 10 rings (SSSR count). The highest BCUT2D eigenvalue weighted by atomic mass is 16.2. The molecule has 4 atom stereocenters. The van der Waals surface area contributed by atoms with Gasteiger partial charge in [0.25, 0.3) is 0 Å². The fourth-order valence-corrected chi connectivity index (χ4v) is 13.1. The molecule has 0 aliphatic heterocycles. The Morgan fingerprint density at radius 3 is 1.26 bits per heavy atom. The lowest BCUT2D eigenvalue weighted by atomic mass is 9.30. The molecule has 0 saturated heterocycles. The van der Waals surface area contributed by atoms with Crippen LogP contribution >= 0.6 is 0 Å². The smallest absolute Gasteiger partial charge is 0.221 e. The van der Waals surface area contributed by atoms with Crippen molar-refractivity contribution in [2.45, 2.75) is 116 Å². The highest BCUT2D eigenvalue weighted by molar-refractivity contribution is 5.90. The second kappa shape index (κ2) is 8.96. The Labute approximate surface area is 251 Å². The molecule has 4 unspecified atom stereocenters. The maximum Gasteiger partial charge on any atom is 0.221 e. The third kappa shape index (κ3) is 3.92. The summed E-state index contributed by atoms with van der Waals surface area (Å²) in [4.78, 5) is 23.6. The third-order valence-corrected chi connectivity index (χ3v) is 13.5. The molecule has 2 N–H and O–H groups in total. The molecule has 4 nitrogen and oxygen atoms in total. The van der Waals surface area contributed by atoms with E-state index < -0.39 is 0 Å². The lowest BCUT2D eigenvalue weighted by molar-refractivity contribution is -0.212. The topological polar surface area (TPSA) is 58.2 Å². The van der Waals surface area contributed by atoms with Gasteiger partial charge < -0.3 is 10.6 Å². The number of carbonyl (C=O) groups excluding carboxylic acids is 2. The van der Waals surface area contributed by atoms with Crippen LogP contribution in [0, 0.1) is 48.3 Å². The van der Waals surface area contributed by atoms with Crippen molar-refractivity contribution in [2.75, 3.05) is 10.6 Å². The summed E-state index contributed by atoms with van der Waals surface area (Å²) < 4.78 is 0. The average Bonchev–Trinajstić information content (AvgIpc) is 2.89. The van der Waals surface area contributed by atoms with Crippen molar-refractivity contribution in [1.82, 2.24) is 0 Å². The summed E-state index contributed by atoms with van der Waals surface area (Å²) in [6.45, 7) is 7.56. The van der Waals surface area contributed by atoms with Crippen molar-refractivity contribution in [3.8, 4) is 0 Å². The van der Waals surface area contributed by atoms with Crippen LogP contribution in [0.1, 0.15) is 113 Å². The molecule has 0 heterocycles. The van der Waals surface area contributed by atoms with Gasteiger partial charge in [-0.05, 0) is 171 Å². The molecule has 0 spiro atoms. The van der Waals surface area contributed by atoms with E-state index in [0.717, 1.165) is 35.0 Å². The number of anilines is 2. The molecular weight excluding hydrogens is 516 g/mol. The van der Waals surface area contributed by atoms with Crippen molar-refractivity contribution in [1.29, 1.82) is 0 Å². The quantitative estimate of drug-likeness (QED) is 0.382.